The first-order valence-corrected chi connectivity index (χ1v) is 8.33. The SMILES string of the molecule is CC1CCN(C2CCCC(CO)(NC3CC3)C2)CC1. The van der Waals surface area contributed by atoms with E-state index in [1.807, 2.05) is 0 Å². The zero-order valence-electron chi connectivity index (χ0n) is 12.4. The van der Waals surface area contributed by atoms with Crippen molar-refractivity contribution in [3.63, 3.8) is 0 Å². The van der Waals surface area contributed by atoms with Gasteiger partial charge in [0, 0.05) is 17.6 Å². The standard InChI is InChI=1S/C16H30N2O/c1-13-6-9-18(10-7-13)15-3-2-8-16(11-15,12-19)17-14-4-5-14/h13-15,17,19H,2-12H2,1H3. The van der Waals surface area contributed by atoms with Crippen molar-refractivity contribution in [3.8, 4) is 0 Å². The van der Waals surface area contributed by atoms with Crippen LogP contribution in [0.2, 0.25) is 0 Å². The molecule has 3 fully saturated rings. The van der Waals surface area contributed by atoms with E-state index in [1.165, 1.54) is 58.0 Å². The number of likely N-dealkylation sites (tertiary alicyclic amines) is 1. The lowest BCUT2D eigenvalue weighted by Crippen LogP contribution is -2.57. The maximum absolute atomic E-state index is 9.90. The van der Waals surface area contributed by atoms with E-state index in [4.69, 9.17) is 0 Å². The maximum Gasteiger partial charge on any atom is 0.0613 e. The lowest BCUT2D eigenvalue weighted by molar-refractivity contribution is 0.0431. The molecular weight excluding hydrogens is 236 g/mol. The Morgan fingerprint density at radius 1 is 1.16 bits per heavy atom. The maximum atomic E-state index is 9.90. The van der Waals surface area contributed by atoms with Gasteiger partial charge in [-0.2, -0.15) is 0 Å². The molecule has 3 heteroatoms. The number of piperidine rings is 1. The van der Waals surface area contributed by atoms with E-state index in [1.54, 1.807) is 0 Å². The topological polar surface area (TPSA) is 35.5 Å². The molecule has 2 unspecified atom stereocenters. The van der Waals surface area contributed by atoms with E-state index in [0.29, 0.717) is 18.7 Å². The van der Waals surface area contributed by atoms with E-state index in [2.05, 4.69) is 17.1 Å². The second-order valence-electron chi connectivity index (χ2n) is 7.33. The van der Waals surface area contributed by atoms with Crippen LogP contribution in [0.15, 0.2) is 0 Å². The third-order valence-corrected chi connectivity index (χ3v) is 5.54. The molecule has 1 aliphatic heterocycles. The fourth-order valence-corrected chi connectivity index (χ4v) is 4.02. The van der Waals surface area contributed by atoms with E-state index in [-0.39, 0.29) is 5.54 Å². The first-order valence-electron chi connectivity index (χ1n) is 8.33. The van der Waals surface area contributed by atoms with Crippen LogP contribution >= 0.6 is 0 Å². The Morgan fingerprint density at radius 3 is 2.53 bits per heavy atom. The molecular formula is C16H30N2O. The molecule has 3 aliphatic rings. The normalized spacial score (nSPS) is 38.5. The zero-order valence-corrected chi connectivity index (χ0v) is 12.4. The van der Waals surface area contributed by atoms with Crippen LogP contribution in [0.1, 0.15) is 58.3 Å². The van der Waals surface area contributed by atoms with E-state index < -0.39 is 0 Å². The summed E-state index contributed by atoms with van der Waals surface area (Å²) >= 11 is 0. The summed E-state index contributed by atoms with van der Waals surface area (Å²) in [5, 5.41) is 13.7. The van der Waals surface area contributed by atoms with Gasteiger partial charge in [-0.15, -0.1) is 0 Å². The minimum Gasteiger partial charge on any atom is -0.394 e. The number of hydrogen-bond acceptors (Lipinski definition) is 3. The van der Waals surface area contributed by atoms with Crippen molar-refractivity contribution in [1.29, 1.82) is 0 Å². The van der Waals surface area contributed by atoms with Crippen LogP contribution in [0.5, 0.6) is 0 Å². The van der Waals surface area contributed by atoms with E-state index in [9.17, 15) is 5.11 Å². The van der Waals surface area contributed by atoms with Gasteiger partial charge < -0.3 is 15.3 Å². The van der Waals surface area contributed by atoms with Crippen molar-refractivity contribution < 1.29 is 5.11 Å². The predicted octanol–water partition coefficient (Wildman–Crippen LogP) is 2.14. The molecule has 0 aromatic rings. The predicted molar refractivity (Wildman–Crippen MR) is 78.2 cm³/mol. The molecule has 0 amide bonds. The Balaban J connectivity index is 1.59. The molecule has 1 heterocycles. The highest BCUT2D eigenvalue weighted by Gasteiger charge is 2.41. The summed E-state index contributed by atoms with van der Waals surface area (Å²) in [6.07, 6.45) is 10.3. The first kappa shape index (κ1) is 13.8. The van der Waals surface area contributed by atoms with Crippen LogP contribution in [0, 0.1) is 5.92 Å². The summed E-state index contributed by atoms with van der Waals surface area (Å²) in [6, 6.07) is 1.41. The lowest BCUT2D eigenvalue weighted by Gasteiger charge is -2.46. The third kappa shape index (κ3) is 3.32. The molecule has 2 aliphatic carbocycles. The van der Waals surface area contributed by atoms with Crippen LogP contribution < -0.4 is 5.32 Å². The molecule has 0 spiro atoms. The second-order valence-corrected chi connectivity index (χ2v) is 7.33. The fraction of sp³-hybridized carbons (Fsp3) is 1.00. The molecule has 1 saturated heterocycles. The molecule has 0 bridgehead atoms. The zero-order chi connectivity index (χ0) is 13.3. The summed E-state index contributed by atoms with van der Waals surface area (Å²) < 4.78 is 0. The highest BCUT2D eigenvalue weighted by molar-refractivity contribution is 5.01. The molecule has 110 valence electrons. The summed E-state index contributed by atoms with van der Waals surface area (Å²) in [4.78, 5) is 2.71. The second kappa shape index (κ2) is 5.71. The van der Waals surface area contributed by atoms with Gasteiger partial charge in [-0.25, -0.2) is 0 Å². The summed E-state index contributed by atoms with van der Waals surface area (Å²) in [5.41, 5.74) is 0.0349. The van der Waals surface area contributed by atoms with Gasteiger partial charge in [0.05, 0.1) is 6.61 Å². The Kier molecular flexibility index (Phi) is 4.16. The average molecular weight is 266 g/mol. The molecule has 0 aromatic heterocycles. The number of hydrogen-bond donors (Lipinski definition) is 2. The van der Waals surface area contributed by atoms with Crippen molar-refractivity contribution in [1.82, 2.24) is 10.2 Å². The quantitative estimate of drug-likeness (QED) is 0.818. The van der Waals surface area contributed by atoms with Crippen LogP contribution in [-0.2, 0) is 0 Å². The highest BCUT2D eigenvalue weighted by atomic mass is 16.3. The van der Waals surface area contributed by atoms with Gasteiger partial charge in [0.2, 0.25) is 0 Å². The van der Waals surface area contributed by atoms with E-state index >= 15 is 0 Å². The van der Waals surface area contributed by atoms with Crippen LogP contribution in [0.3, 0.4) is 0 Å². The summed E-state index contributed by atoms with van der Waals surface area (Å²) in [6.45, 7) is 5.25. The third-order valence-electron chi connectivity index (χ3n) is 5.54. The van der Waals surface area contributed by atoms with Gasteiger partial charge in [-0.3, -0.25) is 0 Å². The summed E-state index contributed by atoms with van der Waals surface area (Å²) in [5.74, 6) is 0.909. The van der Waals surface area contributed by atoms with Gasteiger partial charge >= 0.3 is 0 Å². The summed E-state index contributed by atoms with van der Waals surface area (Å²) in [7, 11) is 0. The van der Waals surface area contributed by atoms with Crippen molar-refractivity contribution in [2.75, 3.05) is 19.7 Å². The smallest absolute Gasteiger partial charge is 0.0613 e. The average Bonchev–Trinajstić information content (AvgIpc) is 3.24. The minimum absolute atomic E-state index is 0.0349. The Hall–Kier alpha value is -0.120. The van der Waals surface area contributed by atoms with Crippen molar-refractivity contribution in [3.05, 3.63) is 0 Å². The molecule has 3 rings (SSSR count). The first-order chi connectivity index (χ1) is 9.21. The van der Waals surface area contributed by atoms with Gasteiger partial charge in [0.15, 0.2) is 0 Å². The number of aliphatic hydroxyl groups is 1. The van der Waals surface area contributed by atoms with Crippen LogP contribution in [-0.4, -0.2) is 47.3 Å². The van der Waals surface area contributed by atoms with E-state index in [0.717, 1.165) is 12.3 Å². The Bertz CT molecular complexity index is 297. The number of rotatable bonds is 4. The number of nitrogens with zero attached hydrogens (tertiary/aromatic N) is 1. The number of nitrogens with one attached hydrogen (secondary N) is 1. The fourth-order valence-electron chi connectivity index (χ4n) is 4.02. The van der Waals surface area contributed by atoms with Gasteiger partial charge in [0.25, 0.3) is 0 Å². The molecule has 2 atom stereocenters. The molecule has 0 aromatic carbocycles. The van der Waals surface area contributed by atoms with Gasteiger partial charge in [-0.05, 0) is 70.4 Å². The minimum atomic E-state index is 0.0349. The molecule has 3 nitrogen and oxygen atoms in total. The number of aliphatic hydroxyl groups excluding tert-OH is 1. The monoisotopic (exact) mass is 266 g/mol. The molecule has 19 heavy (non-hydrogen) atoms. The highest BCUT2D eigenvalue weighted by Crippen LogP contribution is 2.35. The van der Waals surface area contributed by atoms with Crippen molar-refractivity contribution in [2.45, 2.75) is 75.9 Å². The van der Waals surface area contributed by atoms with Gasteiger partial charge in [-0.1, -0.05) is 6.92 Å². The van der Waals surface area contributed by atoms with Crippen LogP contribution in [0.4, 0.5) is 0 Å². The molecule has 2 N–H and O–H groups in total. The van der Waals surface area contributed by atoms with Gasteiger partial charge in [0.1, 0.15) is 0 Å². The molecule has 2 saturated carbocycles. The Morgan fingerprint density at radius 2 is 1.89 bits per heavy atom. The molecule has 0 radical (unpaired) electrons. The van der Waals surface area contributed by atoms with Crippen molar-refractivity contribution >= 4 is 0 Å². The van der Waals surface area contributed by atoms with Crippen LogP contribution in [0.25, 0.3) is 0 Å². The largest absolute Gasteiger partial charge is 0.394 e. The van der Waals surface area contributed by atoms with Crippen molar-refractivity contribution in [2.24, 2.45) is 5.92 Å². The lowest BCUT2D eigenvalue weighted by atomic mass is 9.78. The Labute approximate surface area is 117 Å².